The van der Waals surface area contributed by atoms with E-state index in [0.717, 1.165) is 6.92 Å². The molecule has 1 unspecified atom stereocenters. The van der Waals surface area contributed by atoms with Gasteiger partial charge < -0.3 is 9.47 Å². The Bertz CT molecular complexity index is 614. The van der Waals surface area contributed by atoms with E-state index in [1.54, 1.807) is 51.1 Å². The molecule has 0 saturated heterocycles. The van der Waals surface area contributed by atoms with Crippen molar-refractivity contribution >= 4 is 17.7 Å². The monoisotopic (exact) mass is 302 g/mol. The molecule has 1 atom stereocenters. The van der Waals surface area contributed by atoms with E-state index >= 15 is 0 Å². The highest BCUT2D eigenvalue weighted by molar-refractivity contribution is 6.32. The van der Waals surface area contributed by atoms with Crippen LogP contribution in [0.4, 0.5) is 0 Å². The number of carbonyl (C=O) groups excluding carboxylic acids is 3. The Morgan fingerprint density at radius 1 is 1.09 bits per heavy atom. The largest absolute Gasteiger partial charge is 0.450 e. The van der Waals surface area contributed by atoms with Gasteiger partial charge in [-0.15, -0.1) is 0 Å². The van der Waals surface area contributed by atoms with Gasteiger partial charge in [0.1, 0.15) is 5.60 Å². The van der Waals surface area contributed by atoms with E-state index in [2.05, 4.69) is 11.8 Å². The molecule has 0 heterocycles. The summed E-state index contributed by atoms with van der Waals surface area (Å²) in [6, 6.07) is 8.62. The Morgan fingerprint density at radius 2 is 1.68 bits per heavy atom. The number of ketones is 1. The second kappa shape index (κ2) is 7.41. The summed E-state index contributed by atoms with van der Waals surface area (Å²) in [5.74, 6) is 2.33. The zero-order valence-corrected chi connectivity index (χ0v) is 13.0. The van der Waals surface area contributed by atoms with Gasteiger partial charge in [0.25, 0.3) is 0 Å². The van der Waals surface area contributed by atoms with Crippen LogP contribution in [0.5, 0.6) is 0 Å². The van der Waals surface area contributed by atoms with Crippen molar-refractivity contribution in [1.82, 2.24) is 0 Å². The lowest BCUT2D eigenvalue weighted by Crippen LogP contribution is -2.23. The van der Waals surface area contributed by atoms with Crippen LogP contribution in [-0.2, 0) is 23.9 Å². The van der Waals surface area contributed by atoms with Crippen molar-refractivity contribution in [2.24, 2.45) is 0 Å². The van der Waals surface area contributed by atoms with Crippen molar-refractivity contribution in [3.05, 3.63) is 35.9 Å². The zero-order valence-electron chi connectivity index (χ0n) is 13.0. The van der Waals surface area contributed by atoms with Gasteiger partial charge in [0, 0.05) is 18.4 Å². The van der Waals surface area contributed by atoms with Crippen molar-refractivity contribution in [1.29, 1.82) is 0 Å². The van der Waals surface area contributed by atoms with Crippen LogP contribution in [-0.4, -0.2) is 23.3 Å². The summed E-state index contributed by atoms with van der Waals surface area (Å²) >= 11 is 0. The summed E-state index contributed by atoms with van der Waals surface area (Å²) in [5.41, 5.74) is -0.0995. The molecule has 1 rings (SSSR count). The van der Waals surface area contributed by atoms with Gasteiger partial charge in [0.2, 0.25) is 5.78 Å². The van der Waals surface area contributed by atoms with Crippen molar-refractivity contribution in [2.45, 2.75) is 39.4 Å². The number of hydrogen-bond acceptors (Lipinski definition) is 5. The maximum absolute atomic E-state index is 11.6. The molecule has 0 N–H and O–H groups in total. The number of Topliss-reactive ketones (excluding diaryl/α,β-unsaturated/α-hetero) is 1. The van der Waals surface area contributed by atoms with Crippen LogP contribution < -0.4 is 0 Å². The molecule has 0 aromatic heterocycles. The summed E-state index contributed by atoms with van der Waals surface area (Å²) in [6.07, 6.45) is -1.01. The van der Waals surface area contributed by atoms with Crippen LogP contribution in [0.3, 0.4) is 0 Å². The molecule has 5 heteroatoms. The van der Waals surface area contributed by atoms with Gasteiger partial charge in [-0.2, -0.15) is 0 Å². The van der Waals surface area contributed by atoms with Crippen LogP contribution in [0.2, 0.25) is 0 Å². The molecule has 0 radical (unpaired) electrons. The Kier molecular flexibility index (Phi) is 5.88. The molecule has 0 aliphatic heterocycles. The molecule has 22 heavy (non-hydrogen) atoms. The minimum absolute atomic E-state index is 0.563. The van der Waals surface area contributed by atoms with Crippen molar-refractivity contribution in [2.75, 3.05) is 0 Å². The van der Waals surface area contributed by atoms with Gasteiger partial charge in [-0.1, -0.05) is 30.3 Å². The lowest BCUT2D eigenvalue weighted by atomic mass is 10.1. The van der Waals surface area contributed by atoms with Crippen LogP contribution in [0.15, 0.2) is 30.3 Å². The first kappa shape index (κ1) is 17.4. The van der Waals surface area contributed by atoms with E-state index in [-0.39, 0.29) is 0 Å². The fourth-order valence-corrected chi connectivity index (χ4v) is 1.43. The Labute approximate surface area is 129 Å². The predicted molar refractivity (Wildman–Crippen MR) is 79.6 cm³/mol. The summed E-state index contributed by atoms with van der Waals surface area (Å²) in [6.45, 7) is 6.26. The van der Waals surface area contributed by atoms with Gasteiger partial charge in [0.15, 0.2) is 6.10 Å². The van der Waals surface area contributed by atoms with Gasteiger partial charge in [-0.25, -0.2) is 9.59 Å². The average molecular weight is 302 g/mol. The maximum atomic E-state index is 11.6. The first-order valence-corrected chi connectivity index (χ1v) is 6.70. The molecule has 1 aromatic rings. The van der Waals surface area contributed by atoms with E-state index in [9.17, 15) is 14.4 Å². The number of ether oxygens (including phenoxy) is 2. The SMILES string of the molecule is CC(=O)C(=O)OC(C#CC(=O)OC(C)(C)C)c1ccccc1. The van der Waals surface area contributed by atoms with Crippen molar-refractivity contribution < 1.29 is 23.9 Å². The number of benzene rings is 1. The van der Waals surface area contributed by atoms with Crippen LogP contribution in [0, 0.1) is 11.8 Å². The predicted octanol–water partition coefficient (Wildman–Crippen LogP) is 2.21. The fraction of sp³-hybridized carbons (Fsp3) is 0.353. The highest BCUT2D eigenvalue weighted by Crippen LogP contribution is 2.16. The third-order valence-electron chi connectivity index (χ3n) is 2.32. The fourth-order valence-electron chi connectivity index (χ4n) is 1.43. The van der Waals surface area contributed by atoms with E-state index in [0.29, 0.717) is 5.56 Å². The molecule has 1 aromatic carbocycles. The molecule has 0 saturated carbocycles. The Morgan fingerprint density at radius 3 is 2.18 bits per heavy atom. The average Bonchev–Trinajstić information content (AvgIpc) is 2.42. The second-order valence-electron chi connectivity index (χ2n) is 5.52. The zero-order chi connectivity index (χ0) is 16.8. The van der Waals surface area contributed by atoms with E-state index in [1.807, 2.05) is 0 Å². The first-order chi connectivity index (χ1) is 10.2. The van der Waals surface area contributed by atoms with E-state index in [1.165, 1.54) is 0 Å². The molecule has 0 amide bonds. The van der Waals surface area contributed by atoms with E-state index < -0.39 is 29.4 Å². The van der Waals surface area contributed by atoms with Gasteiger partial charge >= 0.3 is 11.9 Å². The van der Waals surface area contributed by atoms with Crippen LogP contribution >= 0.6 is 0 Å². The molecule has 0 aliphatic rings. The second-order valence-corrected chi connectivity index (χ2v) is 5.52. The summed E-state index contributed by atoms with van der Waals surface area (Å²) in [7, 11) is 0. The summed E-state index contributed by atoms with van der Waals surface area (Å²) in [4.78, 5) is 34.1. The number of carbonyl (C=O) groups is 3. The molecule has 0 aliphatic carbocycles. The minimum atomic E-state index is -1.01. The Hall–Kier alpha value is -2.61. The molecule has 0 bridgehead atoms. The molecular formula is C17H18O5. The topological polar surface area (TPSA) is 69.7 Å². The van der Waals surface area contributed by atoms with Gasteiger partial charge in [0.05, 0.1) is 0 Å². The highest BCUT2D eigenvalue weighted by atomic mass is 16.6. The van der Waals surface area contributed by atoms with E-state index in [4.69, 9.17) is 9.47 Å². The van der Waals surface area contributed by atoms with Crippen molar-refractivity contribution in [3.8, 4) is 11.8 Å². The first-order valence-electron chi connectivity index (χ1n) is 6.70. The number of hydrogen-bond donors (Lipinski definition) is 0. The van der Waals surface area contributed by atoms with Gasteiger partial charge in [-0.05, 0) is 26.7 Å². The minimum Gasteiger partial charge on any atom is -0.450 e. The normalized spacial score (nSPS) is 11.6. The number of esters is 2. The standard InChI is InChI=1S/C17H18O5/c1-12(18)16(20)21-14(13-8-6-5-7-9-13)10-11-15(19)22-17(2,3)4/h5-9,14H,1-4H3. The lowest BCUT2D eigenvalue weighted by molar-refractivity contribution is -0.155. The quantitative estimate of drug-likeness (QED) is 0.370. The van der Waals surface area contributed by atoms with Gasteiger partial charge in [-0.3, -0.25) is 4.79 Å². The summed E-state index contributed by atoms with van der Waals surface area (Å²) < 4.78 is 10.1. The third kappa shape index (κ3) is 6.23. The lowest BCUT2D eigenvalue weighted by Gasteiger charge is -2.17. The summed E-state index contributed by atoms with van der Waals surface area (Å²) in [5, 5.41) is 0. The molecule has 116 valence electrons. The molecular weight excluding hydrogens is 284 g/mol. The van der Waals surface area contributed by atoms with Crippen LogP contribution in [0.25, 0.3) is 0 Å². The molecule has 0 spiro atoms. The Balaban J connectivity index is 2.95. The van der Waals surface area contributed by atoms with Crippen LogP contribution in [0.1, 0.15) is 39.4 Å². The maximum Gasteiger partial charge on any atom is 0.385 e. The molecule has 5 nitrogen and oxygen atoms in total. The number of rotatable bonds is 3. The van der Waals surface area contributed by atoms with Crippen molar-refractivity contribution in [3.63, 3.8) is 0 Å². The third-order valence-corrected chi connectivity index (χ3v) is 2.32. The molecule has 0 fully saturated rings. The highest BCUT2D eigenvalue weighted by Gasteiger charge is 2.19. The smallest absolute Gasteiger partial charge is 0.385 e.